The molecule has 0 N–H and O–H groups in total. The van der Waals surface area contributed by atoms with Gasteiger partial charge in [-0.15, -0.1) is 0 Å². The number of amidine groups is 1. The van der Waals surface area contributed by atoms with E-state index in [4.69, 9.17) is 14.5 Å². The van der Waals surface area contributed by atoms with Crippen molar-refractivity contribution < 1.29 is 23.6 Å². The number of amides is 3. The van der Waals surface area contributed by atoms with E-state index in [1.54, 1.807) is 7.05 Å². The maximum absolute atomic E-state index is 13.6. The molecule has 0 aliphatic carbocycles. The molecule has 0 radical (unpaired) electrons. The molecule has 0 saturated carbocycles. The second kappa shape index (κ2) is 8.84. The Morgan fingerprint density at radius 3 is 2.50 bits per heavy atom. The van der Waals surface area contributed by atoms with E-state index in [1.165, 1.54) is 9.80 Å². The number of hydrogen-bond acceptors (Lipinski definition) is 6. The van der Waals surface area contributed by atoms with Gasteiger partial charge in [-0.05, 0) is 45.0 Å². The first-order valence-electron chi connectivity index (χ1n) is 11.8. The molecule has 4 heterocycles. The van der Waals surface area contributed by atoms with Gasteiger partial charge in [0.05, 0.1) is 19.8 Å². The van der Waals surface area contributed by atoms with Crippen molar-refractivity contribution in [2.45, 2.75) is 26.8 Å². The van der Waals surface area contributed by atoms with Crippen molar-refractivity contribution in [1.29, 1.82) is 0 Å². The third kappa shape index (κ3) is 3.57. The number of urea groups is 1. The lowest BCUT2D eigenvalue weighted by Crippen LogP contribution is -2.64. The Bertz CT molecular complexity index is 1150. The molecule has 0 spiro atoms. The van der Waals surface area contributed by atoms with Crippen LogP contribution in [0.2, 0.25) is 0 Å². The number of imide groups is 1. The predicted molar refractivity (Wildman–Crippen MR) is 125 cm³/mol. The van der Waals surface area contributed by atoms with Crippen LogP contribution in [0, 0.1) is 13.8 Å². The first-order chi connectivity index (χ1) is 16.4. The summed E-state index contributed by atoms with van der Waals surface area (Å²) in [6, 6.07) is 6.82. The zero-order chi connectivity index (χ0) is 24.0. The Kier molecular flexibility index (Phi) is 5.86. The molecule has 3 amide bonds. The minimum Gasteiger partial charge on any atom is -0.494 e. The molecule has 180 valence electrons. The van der Waals surface area contributed by atoms with Crippen LogP contribution >= 0.6 is 0 Å². The number of fused-ring (bicyclic) bond motifs is 3. The average Bonchev–Trinajstić information content (AvgIpc) is 3.34. The standard InChI is InChI=1S/C24H31N6O4/c1-5-34-19-8-6-18(7-9-19)29-16(2)17(3)30-20-21(25-23(29)30)26(4)24(32)28(22(20)31)11-10-27-12-14-33-15-13-27/h6-9,20H,5,10-15H2,1-4H3/q+1. The van der Waals surface area contributed by atoms with Gasteiger partial charge in [-0.2, -0.15) is 4.57 Å². The van der Waals surface area contributed by atoms with E-state index in [0.29, 0.717) is 44.7 Å². The summed E-state index contributed by atoms with van der Waals surface area (Å²) in [6.07, 6.45) is 0. The summed E-state index contributed by atoms with van der Waals surface area (Å²) in [5.41, 5.74) is 2.86. The van der Waals surface area contributed by atoms with Gasteiger partial charge in [0.1, 0.15) is 22.8 Å². The van der Waals surface area contributed by atoms with Crippen LogP contribution in [0.3, 0.4) is 0 Å². The van der Waals surface area contributed by atoms with E-state index >= 15 is 0 Å². The molecule has 2 saturated heterocycles. The maximum Gasteiger partial charge on any atom is 0.407 e. The molecular formula is C24H31N6O4+. The molecular weight excluding hydrogens is 436 g/mol. The topological polar surface area (TPSA) is 83.5 Å². The van der Waals surface area contributed by atoms with Crippen molar-refractivity contribution in [2.24, 2.45) is 4.99 Å². The fraction of sp³-hybridized carbons (Fsp3) is 0.500. The lowest BCUT2D eigenvalue weighted by Gasteiger charge is -2.35. The molecule has 1 aromatic heterocycles. The summed E-state index contributed by atoms with van der Waals surface area (Å²) in [6.45, 7) is 10.5. The molecule has 0 bridgehead atoms. The van der Waals surface area contributed by atoms with Crippen molar-refractivity contribution in [2.75, 3.05) is 53.0 Å². The van der Waals surface area contributed by atoms with Gasteiger partial charge in [-0.1, -0.05) is 4.99 Å². The zero-order valence-corrected chi connectivity index (χ0v) is 20.2. The molecule has 5 rings (SSSR count). The summed E-state index contributed by atoms with van der Waals surface area (Å²) in [5, 5.41) is 0. The number of carbonyl (C=O) groups is 2. The van der Waals surface area contributed by atoms with E-state index in [1.807, 2.05) is 54.2 Å². The molecule has 2 fully saturated rings. The number of aliphatic imine (C=N–C) groups is 1. The van der Waals surface area contributed by atoms with E-state index in [-0.39, 0.29) is 11.9 Å². The van der Waals surface area contributed by atoms with Crippen LogP contribution in [0.4, 0.5) is 10.7 Å². The zero-order valence-electron chi connectivity index (χ0n) is 20.2. The number of imidazole rings is 1. The summed E-state index contributed by atoms with van der Waals surface area (Å²) < 4.78 is 15.0. The summed E-state index contributed by atoms with van der Waals surface area (Å²) in [5.74, 6) is 1.68. The highest BCUT2D eigenvalue weighted by Crippen LogP contribution is 2.33. The molecule has 1 atom stereocenters. The molecule has 34 heavy (non-hydrogen) atoms. The second-order valence-corrected chi connectivity index (χ2v) is 8.76. The van der Waals surface area contributed by atoms with Gasteiger partial charge in [0, 0.05) is 33.2 Å². The Morgan fingerprint density at radius 1 is 1.12 bits per heavy atom. The molecule has 10 nitrogen and oxygen atoms in total. The molecule has 3 aliphatic heterocycles. The van der Waals surface area contributed by atoms with Crippen molar-refractivity contribution >= 4 is 23.7 Å². The quantitative estimate of drug-likeness (QED) is 0.603. The number of nitrogens with zero attached hydrogens (tertiary/aromatic N) is 6. The maximum atomic E-state index is 13.6. The Balaban J connectivity index is 1.47. The van der Waals surface area contributed by atoms with E-state index in [9.17, 15) is 9.59 Å². The monoisotopic (exact) mass is 467 g/mol. The Labute approximate surface area is 199 Å². The summed E-state index contributed by atoms with van der Waals surface area (Å²) in [7, 11) is 1.69. The third-order valence-electron chi connectivity index (χ3n) is 6.86. The fourth-order valence-electron chi connectivity index (χ4n) is 4.88. The number of aromatic nitrogens is 2. The summed E-state index contributed by atoms with van der Waals surface area (Å²) in [4.78, 5) is 36.6. The van der Waals surface area contributed by atoms with Gasteiger partial charge in [-0.25, -0.2) is 9.36 Å². The van der Waals surface area contributed by atoms with Crippen LogP contribution in [0.15, 0.2) is 29.3 Å². The molecule has 1 aromatic carbocycles. The minimum atomic E-state index is -0.648. The molecule has 2 aromatic rings. The Hall–Kier alpha value is -3.24. The number of rotatable bonds is 6. The van der Waals surface area contributed by atoms with Crippen molar-refractivity contribution in [1.82, 2.24) is 19.3 Å². The van der Waals surface area contributed by atoms with Gasteiger partial charge in [0.15, 0.2) is 0 Å². The predicted octanol–water partition coefficient (Wildman–Crippen LogP) is 1.59. The number of hydrogen-bond donors (Lipinski definition) is 0. The van der Waals surface area contributed by atoms with Gasteiger partial charge >= 0.3 is 12.0 Å². The van der Waals surface area contributed by atoms with Gasteiger partial charge < -0.3 is 9.47 Å². The SMILES string of the molecule is CCOc1ccc(-n2c(C)c(C)[n+]3c2N=C2C3C(=O)N(CCN3CCOCC3)C(=O)N2C)cc1. The van der Waals surface area contributed by atoms with E-state index in [0.717, 1.165) is 35.9 Å². The van der Waals surface area contributed by atoms with Crippen LogP contribution in [0.25, 0.3) is 5.69 Å². The van der Waals surface area contributed by atoms with Crippen LogP contribution in [0.5, 0.6) is 5.75 Å². The van der Waals surface area contributed by atoms with Crippen molar-refractivity contribution in [3.05, 3.63) is 35.7 Å². The van der Waals surface area contributed by atoms with E-state index < -0.39 is 6.04 Å². The number of morpholine rings is 1. The second-order valence-electron chi connectivity index (χ2n) is 8.76. The average molecular weight is 468 g/mol. The highest BCUT2D eigenvalue weighted by molar-refractivity contribution is 6.19. The molecule has 1 unspecified atom stereocenters. The van der Waals surface area contributed by atoms with Gasteiger partial charge in [0.2, 0.25) is 11.9 Å². The highest BCUT2D eigenvalue weighted by Gasteiger charge is 2.54. The molecule has 10 heteroatoms. The van der Waals surface area contributed by atoms with Crippen LogP contribution in [-0.4, -0.2) is 90.1 Å². The van der Waals surface area contributed by atoms with E-state index in [2.05, 4.69) is 4.90 Å². The fourth-order valence-corrected chi connectivity index (χ4v) is 4.88. The van der Waals surface area contributed by atoms with Gasteiger partial charge in [0.25, 0.3) is 5.91 Å². The smallest absolute Gasteiger partial charge is 0.407 e. The highest BCUT2D eigenvalue weighted by atomic mass is 16.5. The summed E-state index contributed by atoms with van der Waals surface area (Å²) >= 11 is 0. The number of benzene rings is 1. The van der Waals surface area contributed by atoms with Gasteiger partial charge in [-0.3, -0.25) is 19.5 Å². The number of ether oxygens (including phenoxy) is 2. The lowest BCUT2D eigenvalue weighted by atomic mass is 10.1. The normalized spacial score (nSPS) is 20.5. The number of carbonyl (C=O) groups excluding carboxylic acids is 2. The van der Waals surface area contributed by atoms with Crippen molar-refractivity contribution in [3.63, 3.8) is 0 Å². The van der Waals surface area contributed by atoms with Crippen molar-refractivity contribution in [3.8, 4) is 11.4 Å². The van der Waals surface area contributed by atoms with Crippen LogP contribution in [0.1, 0.15) is 24.4 Å². The first-order valence-corrected chi connectivity index (χ1v) is 11.8. The number of likely N-dealkylation sites (N-methyl/N-ethyl adjacent to an activating group) is 1. The minimum absolute atomic E-state index is 0.231. The first kappa shape index (κ1) is 22.5. The Morgan fingerprint density at radius 2 is 1.82 bits per heavy atom. The third-order valence-corrected chi connectivity index (χ3v) is 6.86. The molecule has 3 aliphatic rings. The largest absolute Gasteiger partial charge is 0.494 e. The lowest BCUT2D eigenvalue weighted by molar-refractivity contribution is -0.682. The van der Waals surface area contributed by atoms with Crippen LogP contribution < -0.4 is 9.30 Å². The van der Waals surface area contributed by atoms with Crippen LogP contribution in [-0.2, 0) is 9.53 Å².